The third-order valence-electron chi connectivity index (χ3n) is 11.4. The van der Waals surface area contributed by atoms with Crippen LogP contribution in [0.1, 0.15) is 55.1 Å². The summed E-state index contributed by atoms with van der Waals surface area (Å²) < 4.78 is 2.38. The van der Waals surface area contributed by atoms with Crippen LogP contribution in [0.25, 0.3) is 50.5 Å². The SMILES string of the molecule is C/C=C\c1c(C)n(-c2ccccc2)c2ccc(-c3ccc(N(c4ccc5c(c4)C(C)(C)c4ccccc4-5)C4C=C(c5ccccc5)C=CC4)cc3)cc12. The topological polar surface area (TPSA) is 8.17 Å². The second kappa shape index (κ2) is 13.1. The number of rotatable bonds is 7. The predicted octanol–water partition coefficient (Wildman–Crippen LogP) is 13.5. The average molecular weight is 685 g/mol. The Morgan fingerprint density at radius 1 is 0.660 bits per heavy atom. The first-order valence-electron chi connectivity index (χ1n) is 18.8. The van der Waals surface area contributed by atoms with Gasteiger partial charge in [-0.05, 0) is 113 Å². The highest BCUT2D eigenvalue weighted by Crippen LogP contribution is 2.50. The second-order valence-electron chi connectivity index (χ2n) is 14.9. The largest absolute Gasteiger partial charge is 0.334 e. The Morgan fingerprint density at radius 2 is 1.34 bits per heavy atom. The summed E-state index contributed by atoms with van der Waals surface area (Å²) in [7, 11) is 0. The van der Waals surface area contributed by atoms with Crippen LogP contribution >= 0.6 is 0 Å². The fraction of sp³-hybridized carbons (Fsp3) is 0.137. The molecule has 2 heteroatoms. The summed E-state index contributed by atoms with van der Waals surface area (Å²) in [5, 5.41) is 1.27. The van der Waals surface area contributed by atoms with Crippen LogP contribution < -0.4 is 4.90 Å². The zero-order valence-electron chi connectivity index (χ0n) is 30.9. The van der Waals surface area contributed by atoms with Crippen molar-refractivity contribution in [2.45, 2.75) is 45.6 Å². The van der Waals surface area contributed by atoms with E-state index in [0.29, 0.717) is 0 Å². The van der Waals surface area contributed by atoms with Crippen LogP contribution in [-0.4, -0.2) is 10.6 Å². The number of nitrogens with zero attached hydrogens (tertiary/aromatic N) is 2. The molecule has 258 valence electrons. The first-order valence-corrected chi connectivity index (χ1v) is 18.8. The van der Waals surface area contributed by atoms with Crippen LogP contribution in [0.3, 0.4) is 0 Å². The minimum Gasteiger partial charge on any atom is -0.334 e. The summed E-state index contributed by atoms with van der Waals surface area (Å²) in [4.78, 5) is 2.55. The van der Waals surface area contributed by atoms with Crippen molar-refractivity contribution < 1.29 is 0 Å². The smallest absolute Gasteiger partial charge is 0.0565 e. The minimum absolute atomic E-state index is 0.0722. The number of anilines is 2. The zero-order chi connectivity index (χ0) is 36.1. The molecule has 7 aromatic rings. The van der Waals surface area contributed by atoms with Crippen LogP contribution in [0, 0.1) is 6.92 Å². The summed E-state index contributed by atoms with van der Waals surface area (Å²) in [6.07, 6.45) is 12.4. The molecule has 2 nitrogen and oxygen atoms in total. The van der Waals surface area contributed by atoms with Crippen LogP contribution in [0.2, 0.25) is 0 Å². The normalized spacial score (nSPS) is 15.8. The van der Waals surface area contributed by atoms with Gasteiger partial charge in [0.1, 0.15) is 0 Å². The van der Waals surface area contributed by atoms with Crippen molar-refractivity contribution in [1.29, 1.82) is 0 Å². The molecule has 6 aromatic carbocycles. The van der Waals surface area contributed by atoms with E-state index >= 15 is 0 Å². The molecule has 1 heterocycles. The van der Waals surface area contributed by atoms with Crippen LogP contribution in [0.15, 0.2) is 170 Å². The van der Waals surface area contributed by atoms with Gasteiger partial charge in [0, 0.05) is 39.1 Å². The molecule has 9 rings (SSSR count). The summed E-state index contributed by atoms with van der Waals surface area (Å²) in [5.74, 6) is 0. The van der Waals surface area contributed by atoms with Crippen LogP contribution in [-0.2, 0) is 5.41 Å². The Balaban J connectivity index is 1.14. The van der Waals surface area contributed by atoms with Gasteiger partial charge in [-0.2, -0.15) is 0 Å². The number of para-hydroxylation sites is 1. The molecule has 0 spiro atoms. The van der Waals surface area contributed by atoms with Gasteiger partial charge in [0.25, 0.3) is 0 Å². The molecule has 2 aliphatic carbocycles. The molecular formula is C51H44N2. The van der Waals surface area contributed by atoms with Gasteiger partial charge in [-0.15, -0.1) is 0 Å². The van der Waals surface area contributed by atoms with E-state index < -0.39 is 0 Å². The zero-order valence-corrected chi connectivity index (χ0v) is 30.9. The molecule has 0 aliphatic heterocycles. The molecule has 1 aromatic heterocycles. The fourth-order valence-corrected chi connectivity index (χ4v) is 8.77. The molecule has 1 unspecified atom stereocenters. The van der Waals surface area contributed by atoms with Gasteiger partial charge in [-0.1, -0.05) is 141 Å². The predicted molar refractivity (Wildman–Crippen MR) is 226 cm³/mol. The van der Waals surface area contributed by atoms with E-state index in [9.17, 15) is 0 Å². The molecule has 0 amide bonds. The Bertz CT molecular complexity index is 2560. The van der Waals surface area contributed by atoms with Crippen LogP contribution in [0.4, 0.5) is 11.4 Å². The van der Waals surface area contributed by atoms with Gasteiger partial charge >= 0.3 is 0 Å². The first-order chi connectivity index (χ1) is 25.9. The maximum atomic E-state index is 2.55. The third-order valence-corrected chi connectivity index (χ3v) is 11.4. The second-order valence-corrected chi connectivity index (χ2v) is 14.9. The average Bonchev–Trinajstić information content (AvgIpc) is 3.61. The number of allylic oxidation sites excluding steroid dienone is 3. The number of benzene rings is 6. The molecular weight excluding hydrogens is 641 g/mol. The molecule has 0 bridgehead atoms. The van der Waals surface area contributed by atoms with E-state index in [1.165, 1.54) is 83.7 Å². The van der Waals surface area contributed by atoms with Crippen molar-refractivity contribution in [1.82, 2.24) is 4.57 Å². The Morgan fingerprint density at radius 3 is 2.11 bits per heavy atom. The molecule has 1 atom stereocenters. The molecule has 53 heavy (non-hydrogen) atoms. The van der Waals surface area contributed by atoms with Crippen LogP contribution in [0.5, 0.6) is 0 Å². The van der Waals surface area contributed by atoms with E-state index in [4.69, 9.17) is 0 Å². The minimum atomic E-state index is -0.0722. The maximum absolute atomic E-state index is 2.55. The summed E-state index contributed by atoms with van der Waals surface area (Å²) in [6, 6.07) is 53.8. The summed E-state index contributed by atoms with van der Waals surface area (Å²) in [6.45, 7) is 9.06. The van der Waals surface area contributed by atoms with E-state index in [0.717, 1.165) is 6.42 Å². The highest BCUT2D eigenvalue weighted by atomic mass is 15.2. The quantitative estimate of drug-likeness (QED) is 0.162. The summed E-state index contributed by atoms with van der Waals surface area (Å²) in [5.41, 5.74) is 17.7. The van der Waals surface area contributed by atoms with E-state index in [-0.39, 0.29) is 11.5 Å². The summed E-state index contributed by atoms with van der Waals surface area (Å²) >= 11 is 0. The number of hydrogen-bond donors (Lipinski definition) is 0. The Kier molecular flexibility index (Phi) is 8.12. The van der Waals surface area contributed by atoms with Crippen molar-refractivity contribution in [2.75, 3.05) is 4.90 Å². The van der Waals surface area contributed by atoms with E-state index in [2.05, 4.69) is 213 Å². The van der Waals surface area contributed by atoms with Gasteiger partial charge in [0.2, 0.25) is 0 Å². The van der Waals surface area contributed by atoms with E-state index in [1.807, 2.05) is 0 Å². The molecule has 0 fully saturated rings. The van der Waals surface area contributed by atoms with Crippen molar-refractivity contribution in [2.24, 2.45) is 0 Å². The lowest BCUT2D eigenvalue weighted by Gasteiger charge is -2.34. The highest BCUT2D eigenvalue weighted by molar-refractivity contribution is 5.96. The van der Waals surface area contributed by atoms with Gasteiger partial charge in [-0.25, -0.2) is 0 Å². The monoisotopic (exact) mass is 684 g/mol. The lowest BCUT2D eigenvalue weighted by atomic mass is 9.82. The van der Waals surface area contributed by atoms with Crippen molar-refractivity contribution in [3.8, 4) is 27.9 Å². The first kappa shape index (κ1) is 32.8. The Hall–Kier alpha value is -6.12. The molecule has 0 saturated carbocycles. The lowest BCUT2D eigenvalue weighted by Crippen LogP contribution is -2.30. The standard InChI is InChI=1S/C51H44N2/c1-5-15-44-35(2)52(40-19-10-7-11-20-40)50-31-26-39(33-47(44)50)37-24-27-41(28-25-37)53(42-21-14-18-38(32-42)36-16-8-6-9-17-36)43-29-30-46-45-22-12-13-23-48(45)51(3,4)49(46)34-43/h5-20,22-34,42H,21H2,1-4H3/b15-5-. The Labute approximate surface area is 313 Å². The third kappa shape index (κ3) is 5.57. The van der Waals surface area contributed by atoms with Gasteiger partial charge in [-0.3, -0.25) is 0 Å². The fourth-order valence-electron chi connectivity index (χ4n) is 8.77. The molecule has 0 N–H and O–H groups in total. The number of hydrogen-bond acceptors (Lipinski definition) is 1. The number of aromatic nitrogens is 1. The van der Waals surface area contributed by atoms with Crippen molar-refractivity contribution >= 4 is 33.9 Å². The number of fused-ring (bicyclic) bond motifs is 4. The molecule has 2 aliphatic rings. The van der Waals surface area contributed by atoms with Gasteiger partial charge in [0.05, 0.1) is 11.6 Å². The lowest BCUT2D eigenvalue weighted by molar-refractivity contribution is 0.659. The maximum Gasteiger partial charge on any atom is 0.0565 e. The van der Waals surface area contributed by atoms with Gasteiger partial charge in [0.15, 0.2) is 0 Å². The van der Waals surface area contributed by atoms with Crippen molar-refractivity contribution in [3.63, 3.8) is 0 Å². The van der Waals surface area contributed by atoms with Gasteiger partial charge < -0.3 is 9.47 Å². The van der Waals surface area contributed by atoms with Crippen molar-refractivity contribution in [3.05, 3.63) is 198 Å². The van der Waals surface area contributed by atoms with E-state index in [1.54, 1.807) is 0 Å². The molecule has 0 saturated heterocycles. The highest BCUT2D eigenvalue weighted by Gasteiger charge is 2.36. The molecule has 0 radical (unpaired) electrons.